The lowest BCUT2D eigenvalue weighted by atomic mass is 10.1. The van der Waals surface area contributed by atoms with Crippen molar-refractivity contribution >= 4 is 8.60 Å². The molecule has 0 atom stereocenters. The van der Waals surface area contributed by atoms with E-state index in [1.807, 2.05) is 0 Å². The summed E-state index contributed by atoms with van der Waals surface area (Å²) >= 11 is 0. The fourth-order valence-electron chi connectivity index (χ4n) is 1.44. The van der Waals surface area contributed by atoms with Crippen LogP contribution < -0.4 is 0 Å². The van der Waals surface area contributed by atoms with Gasteiger partial charge in [0.05, 0.1) is 0 Å². The molecule has 0 aromatic heterocycles. The number of halogens is 24. The average molecular weight is 778 g/mol. The summed E-state index contributed by atoms with van der Waals surface area (Å²) in [6.45, 7) is -7.95. The Labute approximate surface area is 237 Å². The smallest absolute Gasteiger partial charge is 0.380 e. The van der Waals surface area contributed by atoms with E-state index in [1.165, 1.54) is 0 Å². The summed E-state index contributed by atoms with van der Waals surface area (Å²) in [6, 6.07) is 0. The highest BCUT2D eigenvalue weighted by atomic mass is 31.2. The number of aliphatic hydroxyl groups excluding tert-OH is 3. The number of aliphatic hydroxyl groups is 3. The van der Waals surface area contributed by atoms with Crippen LogP contribution in [0.5, 0.6) is 0 Å². The van der Waals surface area contributed by atoms with Gasteiger partial charge in [0.1, 0.15) is 19.8 Å². The molecule has 0 radical (unpaired) electrons. The minimum atomic E-state index is -6.30. The van der Waals surface area contributed by atoms with Gasteiger partial charge in [-0.3, -0.25) is 0 Å². The van der Waals surface area contributed by atoms with Gasteiger partial charge < -0.3 is 30.0 Å². The third-order valence-electron chi connectivity index (χ3n) is 4.05. The molecule has 0 unspecified atom stereocenters. The standard InChI is InChI=1S/3C5H4F8O.H3O3P/c3*6-2(7)4(10,11)5(12,13)3(8,9)1-14;1-4(2)3/h3*2,14H,1H2;1-3H. The van der Waals surface area contributed by atoms with Crippen LogP contribution in [0.2, 0.25) is 0 Å². The van der Waals surface area contributed by atoms with Crippen molar-refractivity contribution < 1.29 is 135 Å². The Morgan fingerprint density at radius 2 is 0.457 bits per heavy atom. The Hall–Kier alpha value is -1.49. The van der Waals surface area contributed by atoms with Crippen LogP contribution in [-0.4, -0.2) is 122 Å². The molecule has 0 heterocycles. The largest absolute Gasteiger partial charge is 0.390 e. The fourth-order valence-corrected chi connectivity index (χ4v) is 1.44. The van der Waals surface area contributed by atoms with Gasteiger partial charge in [-0.15, -0.1) is 0 Å². The average Bonchev–Trinajstić information content (AvgIpc) is 2.87. The van der Waals surface area contributed by atoms with Crippen LogP contribution in [0.4, 0.5) is 105 Å². The van der Waals surface area contributed by atoms with Crippen molar-refractivity contribution in [2.45, 2.75) is 72.6 Å². The molecule has 0 aromatic carbocycles. The monoisotopic (exact) mass is 778 g/mol. The molecule has 46 heavy (non-hydrogen) atoms. The summed E-state index contributed by atoms with van der Waals surface area (Å²) < 4.78 is 284. The Balaban J connectivity index is -0.000000271. The second kappa shape index (κ2) is 17.3. The van der Waals surface area contributed by atoms with Gasteiger partial charge in [0, 0.05) is 0 Å². The maximum Gasteiger partial charge on any atom is 0.380 e. The van der Waals surface area contributed by atoms with E-state index in [9.17, 15) is 105 Å². The third-order valence-corrected chi connectivity index (χ3v) is 4.05. The third kappa shape index (κ3) is 11.6. The van der Waals surface area contributed by atoms with Gasteiger partial charge >= 0.3 is 81.2 Å². The number of hydrogen-bond acceptors (Lipinski definition) is 6. The summed E-state index contributed by atoms with van der Waals surface area (Å²) in [5, 5.41) is 23.0. The summed E-state index contributed by atoms with van der Waals surface area (Å²) in [4.78, 5) is 21.7. The molecule has 0 bridgehead atoms. The van der Waals surface area contributed by atoms with Crippen molar-refractivity contribution in [2.75, 3.05) is 19.8 Å². The van der Waals surface area contributed by atoms with Gasteiger partial charge in [0.2, 0.25) is 0 Å². The highest BCUT2D eigenvalue weighted by Crippen LogP contribution is 2.50. The molecule has 6 nitrogen and oxygen atoms in total. The normalized spacial score (nSPS) is 14.5. The summed E-state index contributed by atoms with van der Waals surface area (Å²) in [6.07, 6.45) is -14.8. The van der Waals surface area contributed by atoms with E-state index in [-0.39, 0.29) is 0 Å². The van der Waals surface area contributed by atoms with Crippen LogP contribution in [0.3, 0.4) is 0 Å². The van der Waals surface area contributed by atoms with E-state index >= 15 is 0 Å². The van der Waals surface area contributed by atoms with E-state index in [2.05, 4.69) is 0 Å². The maximum atomic E-state index is 12.1. The number of rotatable bonds is 12. The Morgan fingerprint density at radius 1 is 0.348 bits per heavy atom. The van der Waals surface area contributed by atoms with Crippen LogP contribution in [0.1, 0.15) is 0 Å². The Kier molecular flexibility index (Phi) is 19.3. The minimum absolute atomic E-state index is 2.62. The molecular formula is C15H15F24O6P. The lowest BCUT2D eigenvalue weighted by molar-refractivity contribution is -0.343. The highest BCUT2D eigenvalue weighted by Gasteiger charge is 2.77. The van der Waals surface area contributed by atoms with Crippen LogP contribution in [0.25, 0.3) is 0 Å². The molecule has 31 heteroatoms. The van der Waals surface area contributed by atoms with Crippen molar-refractivity contribution in [1.29, 1.82) is 0 Å². The zero-order valence-electron chi connectivity index (χ0n) is 20.6. The maximum absolute atomic E-state index is 12.1. The minimum Gasteiger partial charge on any atom is -0.390 e. The van der Waals surface area contributed by atoms with E-state index in [0.29, 0.717) is 0 Å². The van der Waals surface area contributed by atoms with Crippen LogP contribution >= 0.6 is 8.60 Å². The van der Waals surface area contributed by atoms with Gasteiger partial charge in [-0.1, -0.05) is 0 Å². The molecule has 284 valence electrons. The molecule has 0 amide bonds. The predicted molar refractivity (Wildman–Crippen MR) is 97.4 cm³/mol. The molecule has 0 saturated carbocycles. The molecule has 0 aromatic rings. The van der Waals surface area contributed by atoms with Crippen LogP contribution in [-0.2, 0) is 0 Å². The van der Waals surface area contributed by atoms with Crippen molar-refractivity contribution in [3.63, 3.8) is 0 Å². The van der Waals surface area contributed by atoms with Gasteiger partial charge in [0.25, 0.3) is 0 Å². The van der Waals surface area contributed by atoms with Gasteiger partial charge in [0.15, 0.2) is 0 Å². The van der Waals surface area contributed by atoms with Crippen molar-refractivity contribution in [2.24, 2.45) is 0 Å². The molecule has 0 saturated heterocycles. The summed E-state index contributed by atoms with van der Waals surface area (Å²) in [5.41, 5.74) is 0. The lowest BCUT2D eigenvalue weighted by Crippen LogP contribution is -2.58. The van der Waals surface area contributed by atoms with Crippen LogP contribution in [0, 0.1) is 0 Å². The van der Waals surface area contributed by atoms with E-state index in [4.69, 9.17) is 30.0 Å². The first kappa shape index (κ1) is 51.3. The topological polar surface area (TPSA) is 121 Å². The van der Waals surface area contributed by atoms with Crippen LogP contribution in [0.15, 0.2) is 0 Å². The molecule has 0 rings (SSSR count). The van der Waals surface area contributed by atoms with Gasteiger partial charge in [-0.05, 0) is 0 Å². The van der Waals surface area contributed by atoms with Gasteiger partial charge in [-0.2, -0.15) is 79.0 Å². The summed E-state index contributed by atoms with van der Waals surface area (Å²) in [7, 11) is -2.62. The Morgan fingerprint density at radius 3 is 0.522 bits per heavy atom. The second-order valence-corrected chi connectivity index (χ2v) is 7.89. The Bertz CT molecular complexity index is 762. The fraction of sp³-hybridized carbons (Fsp3) is 1.00. The van der Waals surface area contributed by atoms with E-state index in [0.717, 1.165) is 0 Å². The molecular weight excluding hydrogens is 763 g/mol. The first-order valence-corrected chi connectivity index (χ1v) is 10.9. The number of hydrogen-bond donors (Lipinski definition) is 6. The van der Waals surface area contributed by atoms with E-state index < -0.39 is 101 Å². The zero-order chi connectivity index (χ0) is 38.9. The second-order valence-electron chi connectivity index (χ2n) is 7.35. The SMILES string of the molecule is OCC(F)(F)C(F)(F)C(F)(F)C(F)F.OCC(F)(F)C(F)(F)C(F)(F)C(F)F.OCC(F)(F)C(F)(F)C(F)(F)C(F)F.OP(O)O. The van der Waals surface area contributed by atoms with Crippen molar-refractivity contribution in [3.8, 4) is 0 Å². The van der Waals surface area contributed by atoms with Crippen molar-refractivity contribution in [1.82, 2.24) is 0 Å². The first-order chi connectivity index (χ1) is 19.7. The molecule has 0 aliphatic rings. The number of alkyl halides is 24. The molecule has 0 aliphatic heterocycles. The zero-order valence-corrected chi connectivity index (χ0v) is 21.4. The van der Waals surface area contributed by atoms with E-state index in [1.54, 1.807) is 0 Å². The molecule has 6 N–H and O–H groups in total. The lowest BCUT2D eigenvalue weighted by Gasteiger charge is -2.30. The quantitative estimate of drug-likeness (QED) is 0.113. The molecule has 0 spiro atoms. The molecule has 0 aliphatic carbocycles. The van der Waals surface area contributed by atoms with Gasteiger partial charge in [-0.25, -0.2) is 26.3 Å². The molecule has 0 fully saturated rings. The predicted octanol–water partition coefficient (Wildman–Crippen LogP) is 5.64. The van der Waals surface area contributed by atoms with Crippen molar-refractivity contribution in [3.05, 3.63) is 0 Å². The first-order valence-electron chi connectivity index (χ1n) is 9.69. The highest BCUT2D eigenvalue weighted by molar-refractivity contribution is 7.38. The summed E-state index contributed by atoms with van der Waals surface area (Å²) in [5.74, 6) is -54.3.